The Bertz CT molecular complexity index is 757. The highest BCUT2D eigenvalue weighted by atomic mass is 16.6. The minimum Gasteiger partial charge on any atom is -0.477 e. The maximum Gasteiger partial charge on any atom is 0.311 e. The molecule has 0 unspecified atom stereocenters. The van der Waals surface area contributed by atoms with E-state index in [9.17, 15) is 14.9 Å². The molecule has 6 heteroatoms. The van der Waals surface area contributed by atoms with Crippen LogP contribution in [0.25, 0.3) is 0 Å². The maximum absolute atomic E-state index is 12.0. The molecular weight excluding hydrogens is 320 g/mol. The van der Waals surface area contributed by atoms with Gasteiger partial charge in [0.1, 0.15) is 0 Å². The summed E-state index contributed by atoms with van der Waals surface area (Å²) in [5, 5.41) is 13.8. The first-order valence-corrected chi connectivity index (χ1v) is 8.18. The lowest BCUT2D eigenvalue weighted by Crippen LogP contribution is -2.20. The Labute approximate surface area is 147 Å². The van der Waals surface area contributed by atoms with Crippen molar-refractivity contribution in [3.63, 3.8) is 0 Å². The summed E-state index contributed by atoms with van der Waals surface area (Å²) < 4.78 is 5.31. The highest BCUT2D eigenvalue weighted by Gasteiger charge is 2.16. The van der Waals surface area contributed by atoms with Gasteiger partial charge in [0.15, 0.2) is 12.4 Å². The largest absolute Gasteiger partial charge is 0.477 e. The van der Waals surface area contributed by atoms with Gasteiger partial charge in [0, 0.05) is 11.8 Å². The Morgan fingerprint density at radius 1 is 1.24 bits per heavy atom. The van der Waals surface area contributed by atoms with Crippen LogP contribution in [0.4, 0.5) is 11.4 Å². The molecule has 1 atom stereocenters. The first kappa shape index (κ1) is 18.4. The van der Waals surface area contributed by atoms with Gasteiger partial charge in [-0.1, -0.05) is 32.0 Å². The van der Waals surface area contributed by atoms with E-state index in [-0.39, 0.29) is 24.0 Å². The predicted molar refractivity (Wildman–Crippen MR) is 97.1 cm³/mol. The molecule has 0 aliphatic heterocycles. The minimum atomic E-state index is -0.520. The first-order chi connectivity index (χ1) is 11.9. The number of amides is 1. The van der Waals surface area contributed by atoms with E-state index in [2.05, 4.69) is 19.2 Å². The highest BCUT2D eigenvalue weighted by molar-refractivity contribution is 5.91. The van der Waals surface area contributed by atoms with E-state index in [0.717, 1.165) is 12.0 Å². The van der Waals surface area contributed by atoms with Crippen LogP contribution in [0.3, 0.4) is 0 Å². The van der Waals surface area contributed by atoms with Crippen molar-refractivity contribution in [1.82, 2.24) is 0 Å². The number of carbonyl (C=O) groups excluding carboxylic acids is 1. The van der Waals surface area contributed by atoms with Crippen LogP contribution in [0.15, 0.2) is 42.5 Å². The molecule has 0 radical (unpaired) electrons. The summed E-state index contributed by atoms with van der Waals surface area (Å²) in [6.07, 6.45) is 1.05. The third-order valence-corrected chi connectivity index (χ3v) is 4.05. The molecule has 2 rings (SSSR count). The van der Waals surface area contributed by atoms with E-state index in [4.69, 9.17) is 4.74 Å². The molecule has 6 nitrogen and oxygen atoms in total. The Morgan fingerprint density at radius 3 is 2.52 bits per heavy atom. The molecule has 0 saturated heterocycles. The number of nitrogens with one attached hydrogen (secondary N) is 1. The van der Waals surface area contributed by atoms with Crippen molar-refractivity contribution >= 4 is 17.3 Å². The second-order valence-corrected chi connectivity index (χ2v) is 6.00. The van der Waals surface area contributed by atoms with Crippen molar-refractivity contribution in [2.24, 2.45) is 0 Å². The third-order valence-electron chi connectivity index (χ3n) is 4.05. The number of nitrogens with zero attached hydrogens (tertiary/aromatic N) is 1. The van der Waals surface area contributed by atoms with E-state index >= 15 is 0 Å². The number of hydrogen-bond donors (Lipinski definition) is 1. The number of hydrogen-bond acceptors (Lipinski definition) is 4. The quantitative estimate of drug-likeness (QED) is 0.596. The van der Waals surface area contributed by atoms with Crippen molar-refractivity contribution in [2.45, 2.75) is 33.1 Å². The molecule has 0 aliphatic carbocycles. The van der Waals surface area contributed by atoms with Gasteiger partial charge < -0.3 is 10.1 Å². The van der Waals surface area contributed by atoms with Gasteiger partial charge in [-0.25, -0.2) is 0 Å². The van der Waals surface area contributed by atoms with Gasteiger partial charge in [-0.2, -0.15) is 0 Å². The zero-order valence-electron chi connectivity index (χ0n) is 14.6. The average Bonchev–Trinajstić information content (AvgIpc) is 2.60. The molecule has 0 heterocycles. The lowest BCUT2D eigenvalue weighted by Gasteiger charge is -2.11. The molecule has 0 saturated carbocycles. The van der Waals surface area contributed by atoms with Crippen molar-refractivity contribution in [1.29, 1.82) is 0 Å². The number of aryl methyl sites for hydroxylation is 1. The molecule has 25 heavy (non-hydrogen) atoms. The molecule has 0 aliphatic rings. The fraction of sp³-hybridized carbons (Fsp3) is 0.316. The van der Waals surface area contributed by atoms with Crippen molar-refractivity contribution in [2.75, 3.05) is 11.9 Å². The zero-order valence-corrected chi connectivity index (χ0v) is 14.6. The molecule has 0 bridgehead atoms. The van der Waals surface area contributed by atoms with Crippen molar-refractivity contribution in [3.05, 3.63) is 63.7 Å². The SMILES string of the molecule is CC[C@H](C)c1ccc(NC(=O)COc2ccc(C)cc2[N+](=O)[O-])cc1. The van der Waals surface area contributed by atoms with Crippen LogP contribution >= 0.6 is 0 Å². The van der Waals surface area contributed by atoms with E-state index in [1.54, 1.807) is 13.0 Å². The van der Waals surface area contributed by atoms with Crippen molar-refractivity contribution in [3.8, 4) is 5.75 Å². The number of benzene rings is 2. The van der Waals surface area contributed by atoms with E-state index in [1.807, 2.05) is 24.3 Å². The predicted octanol–water partition coefficient (Wildman–Crippen LogP) is 4.43. The van der Waals surface area contributed by atoms with Crippen LogP contribution in [0.2, 0.25) is 0 Å². The Kier molecular flexibility index (Phi) is 6.11. The molecule has 1 amide bonds. The number of anilines is 1. The minimum absolute atomic E-state index is 0.0814. The summed E-state index contributed by atoms with van der Waals surface area (Å²) in [7, 11) is 0. The van der Waals surface area contributed by atoms with Crippen LogP contribution < -0.4 is 10.1 Å². The fourth-order valence-corrected chi connectivity index (χ4v) is 2.36. The Balaban J connectivity index is 1.96. The molecule has 2 aromatic carbocycles. The highest BCUT2D eigenvalue weighted by Crippen LogP contribution is 2.27. The zero-order chi connectivity index (χ0) is 18.4. The van der Waals surface area contributed by atoms with Crippen LogP contribution in [0, 0.1) is 17.0 Å². The molecular formula is C19H22N2O4. The van der Waals surface area contributed by atoms with Gasteiger partial charge >= 0.3 is 5.69 Å². The van der Waals surface area contributed by atoms with E-state index in [0.29, 0.717) is 11.6 Å². The summed E-state index contributed by atoms with van der Waals surface area (Å²) in [5.41, 5.74) is 2.49. The lowest BCUT2D eigenvalue weighted by atomic mass is 9.99. The number of nitro benzene ring substituents is 1. The van der Waals surface area contributed by atoms with E-state index < -0.39 is 4.92 Å². The molecule has 0 fully saturated rings. The summed E-state index contributed by atoms with van der Waals surface area (Å²) in [6, 6.07) is 12.3. The second kappa shape index (κ2) is 8.28. The number of rotatable bonds is 7. The molecule has 0 spiro atoms. The Morgan fingerprint density at radius 2 is 1.92 bits per heavy atom. The standard InChI is InChI=1S/C19H22N2O4/c1-4-14(3)15-6-8-16(9-7-15)20-19(22)12-25-18-10-5-13(2)11-17(18)21(23)24/h5-11,14H,4,12H2,1-3H3,(H,20,22)/t14-/m0/s1. The average molecular weight is 342 g/mol. The Hall–Kier alpha value is -2.89. The fourth-order valence-electron chi connectivity index (χ4n) is 2.36. The van der Waals surface area contributed by atoms with Crippen LogP contribution in [-0.4, -0.2) is 17.4 Å². The molecule has 0 aromatic heterocycles. The van der Waals surface area contributed by atoms with Crippen LogP contribution in [0.1, 0.15) is 37.3 Å². The summed E-state index contributed by atoms with van der Waals surface area (Å²) in [6.45, 7) is 5.74. The van der Waals surface area contributed by atoms with E-state index in [1.165, 1.54) is 17.7 Å². The lowest BCUT2D eigenvalue weighted by molar-refractivity contribution is -0.385. The van der Waals surface area contributed by atoms with Gasteiger partial charge in [-0.15, -0.1) is 0 Å². The van der Waals surface area contributed by atoms with Gasteiger partial charge in [-0.05, 0) is 48.6 Å². The monoisotopic (exact) mass is 342 g/mol. The topological polar surface area (TPSA) is 81.5 Å². The number of nitro groups is 1. The van der Waals surface area contributed by atoms with Crippen molar-refractivity contribution < 1.29 is 14.5 Å². The normalized spacial score (nSPS) is 11.6. The summed E-state index contributed by atoms with van der Waals surface area (Å²) in [5.74, 6) is 0.180. The number of carbonyl (C=O) groups is 1. The molecule has 1 N–H and O–H groups in total. The van der Waals surface area contributed by atoms with Gasteiger partial charge in [0.2, 0.25) is 0 Å². The van der Waals surface area contributed by atoms with Gasteiger partial charge in [-0.3, -0.25) is 14.9 Å². The van der Waals surface area contributed by atoms with Crippen LogP contribution in [-0.2, 0) is 4.79 Å². The summed E-state index contributed by atoms with van der Waals surface area (Å²) >= 11 is 0. The van der Waals surface area contributed by atoms with Gasteiger partial charge in [0.25, 0.3) is 5.91 Å². The summed E-state index contributed by atoms with van der Waals surface area (Å²) in [4.78, 5) is 22.5. The van der Waals surface area contributed by atoms with Gasteiger partial charge in [0.05, 0.1) is 4.92 Å². The maximum atomic E-state index is 12.0. The third kappa shape index (κ3) is 5.04. The molecule has 132 valence electrons. The second-order valence-electron chi connectivity index (χ2n) is 6.00. The molecule has 2 aromatic rings. The smallest absolute Gasteiger partial charge is 0.311 e. The van der Waals surface area contributed by atoms with Crippen LogP contribution in [0.5, 0.6) is 5.75 Å². The first-order valence-electron chi connectivity index (χ1n) is 8.18. The number of ether oxygens (including phenoxy) is 1.